The average Bonchev–Trinajstić information content (AvgIpc) is 3.00. The van der Waals surface area contributed by atoms with Gasteiger partial charge >= 0.3 is 7.12 Å². The van der Waals surface area contributed by atoms with Crippen molar-refractivity contribution in [2.45, 2.75) is 48.7 Å². The van der Waals surface area contributed by atoms with Crippen LogP contribution in [0.1, 0.15) is 33.3 Å². The highest BCUT2D eigenvalue weighted by atomic mass is 32.2. The van der Waals surface area contributed by atoms with Gasteiger partial charge in [0.15, 0.2) is 0 Å². The normalized spacial score (nSPS) is 17.4. The van der Waals surface area contributed by atoms with Crippen LogP contribution in [-0.2, 0) is 9.31 Å². The van der Waals surface area contributed by atoms with E-state index >= 15 is 0 Å². The standard InChI is InChI=1S/C31H28BNO2S/c1-30(2)31(3,4)35-32(34-30)24-13-8-11-22(19-24)21-10-7-12-23(18-21)25-14-9-17-28-26(25)20-33-27-15-5-6-16-29(27)36-28/h5-20H,1-4H3. The van der Waals surface area contributed by atoms with Crippen molar-refractivity contribution in [3.05, 3.63) is 96.6 Å². The minimum Gasteiger partial charge on any atom is -0.399 e. The van der Waals surface area contributed by atoms with Crippen molar-refractivity contribution < 1.29 is 9.31 Å². The number of aliphatic imine (C=N–C) groups is 1. The molecule has 0 aliphatic carbocycles. The lowest BCUT2D eigenvalue weighted by Gasteiger charge is -2.32. The first-order valence-corrected chi connectivity index (χ1v) is 13.1. The first kappa shape index (κ1) is 23.3. The van der Waals surface area contributed by atoms with Gasteiger partial charge in [0.05, 0.1) is 16.9 Å². The van der Waals surface area contributed by atoms with Crippen LogP contribution in [0.3, 0.4) is 0 Å². The number of benzene rings is 4. The molecule has 0 aromatic heterocycles. The SMILES string of the molecule is CC1(C)OB(c2cccc(-c3cccc(-c4cccc5c4C=Nc4ccccc4S5)c3)c2)OC1(C)C. The van der Waals surface area contributed by atoms with Crippen molar-refractivity contribution in [3.63, 3.8) is 0 Å². The van der Waals surface area contributed by atoms with Crippen LogP contribution in [0.25, 0.3) is 22.3 Å². The predicted octanol–water partition coefficient (Wildman–Crippen LogP) is 7.54. The van der Waals surface area contributed by atoms with E-state index in [-0.39, 0.29) is 18.3 Å². The third kappa shape index (κ3) is 4.11. The summed E-state index contributed by atoms with van der Waals surface area (Å²) in [5.41, 5.74) is 7.12. The van der Waals surface area contributed by atoms with E-state index in [1.807, 2.05) is 12.3 Å². The van der Waals surface area contributed by atoms with E-state index in [4.69, 9.17) is 14.3 Å². The summed E-state index contributed by atoms with van der Waals surface area (Å²) in [7, 11) is -0.377. The summed E-state index contributed by atoms with van der Waals surface area (Å²) < 4.78 is 12.6. The van der Waals surface area contributed by atoms with Gasteiger partial charge in [-0.15, -0.1) is 0 Å². The maximum atomic E-state index is 6.30. The summed E-state index contributed by atoms with van der Waals surface area (Å²) in [6.07, 6.45) is 2.01. The molecular weight excluding hydrogens is 461 g/mol. The zero-order valence-corrected chi connectivity index (χ0v) is 21.8. The predicted molar refractivity (Wildman–Crippen MR) is 151 cm³/mol. The molecule has 3 nitrogen and oxygen atoms in total. The molecule has 6 rings (SSSR count). The van der Waals surface area contributed by atoms with E-state index in [1.165, 1.54) is 20.9 Å². The summed E-state index contributed by atoms with van der Waals surface area (Å²) in [5, 5.41) is 0. The fourth-order valence-electron chi connectivity index (χ4n) is 4.63. The second-order valence-electron chi connectivity index (χ2n) is 10.3. The van der Waals surface area contributed by atoms with Crippen LogP contribution in [0, 0.1) is 0 Å². The van der Waals surface area contributed by atoms with Gasteiger partial charge in [0, 0.05) is 21.6 Å². The van der Waals surface area contributed by atoms with E-state index in [1.54, 1.807) is 11.8 Å². The van der Waals surface area contributed by atoms with Crippen molar-refractivity contribution in [1.82, 2.24) is 0 Å². The van der Waals surface area contributed by atoms with Crippen LogP contribution in [0.15, 0.2) is 106 Å². The number of fused-ring (bicyclic) bond motifs is 2. The fourth-order valence-corrected chi connectivity index (χ4v) is 5.66. The molecule has 0 amide bonds. The lowest BCUT2D eigenvalue weighted by atomic mass is 9.78. The fraction of sp³-hybridized carbons (Fsp3) is 0.194. The lowest BCUT2D eigenvalue weighted by molar-refractivity contribution is 0.00578. The largest absolute Gasteiger partial charge is 0.494 e. The van der Waals surface area contributed by atoms with Gasteiger partial charge in [0.1, 0.15) is 0 Å². The topological polar surface area (TPSA) is 30.8 Å². The maximum absolute atomic E-state index is 6.30. The van der Waals surface area contributed by atoms with Gasteiger partial charge in [-0.1, -0.05) is 78.5 Å². The number of rotatable bonds is 3. The third-order valence-corrected chi connectivity index (χ3v) is 8.54. The van der Waals surface area contributed by atoms with E-state index < -0.39 is 0 Å². The highest BCUT2D eigenvalue weighted by Crippen LogP contribution is 2.42. The Balaban J connectivity index is 1.36. The summed E-state index contributed by atoms with van der Waals surface area (Å²) in [4.78, 5) is 7.20. The van der Waals surface area contributed by atoms with E-state index in [9.17, 15) is 0 Å². The first-order chi connectivity index (χ1) is 17.3. The second kappa shape index (κ2) is 8.77. The number of hydrogen-bond donors (Lipinski definition) is 0. The smallest absolute Gasteiger partial charge is 0.399 e. The average molecular weight is 489 g/mol. The molecule has 1 saturated heterocycles. The summed E-state index contributed by atoms with van der Waals surface area (Å²) >= 11 is 1.78. The quantitative estimate of drug-likeness (QED) is 0.246. The molecule has 0 bridgehead atoms. The molecule has 0 spiro atoms. The van der Waals surface area contributed by atoms with Gasteiger partial charge in [-0.2, -0.15) is 0 Å². The van der Waals surface area contributed by atoms with Crippen LogP contribution >= 0.6 is 11.8 Å². The Morgan fingerprint density at radius 3 is 2.11 bits per heavy atom. The number of hydrogen-bond acceptors (Lipinski definition) is 4. The van der Waals surface area contributed by atoms with Crippen LogP contribution < -0.4 is 5.46 Å². The van der Waals surface area contributed by atoms with Crippen molar-refractivity contribution >= 4 is 36.2 Å². The Bertz CT molecular complexity index is 1480. The highest BCUT2D eigenvalue weighted by Gasteiger charge is 2.51. The minimum absolute atomic E-state index is 0.363. The molecule has 36 heavy (non-hydrogen) atoms. The minimum atomic E-state index is -0.377. The van der Waals surface area contributed by atoms with Gasteiger partial charge in [0.25, 0.3) is 0 Å². The second-order valence-corrected chi connectivity index (χ2v) is 11.4. The monoisotopic (exact) mass is 489 g/mol. The molecule has 1 fully saturated rings. The van der Waals surface area contributed by atoms with Crippen LogP contribution in [0.5, 0.6) is 0 Å². The molecule has 4 aromatic carbocycles. The van der Waals surface area contributed by atoms with Gasteiger partial charge < -0.3 is 9.31 Å². The molecule has 2 aliphatic rings. The maximum Gasteiger partial charge on any atom is 0.494 e. The first-order valence-electron chi connectivity index (χ1n) is 12.3. The summed E-state index contributed by atoms with van der Waals surface area (Å²) in [6, 6.07) is 32.0. The summed E-state index contributed by atoms with van der Waals surface area (Å²) in [6.45, 7) is 8.35. The molecule has 4 aromatic rings. The lowest BCUT2D eigenvalue weighted by Crippen LogP contribution is -2.41. The van der Waals surface area contributed by atoms with Crippen molar-refractivity contribution in [1.29, 1.82) is 0 Å². The molecule has 178 valence electrons. The van der Waals surface area contributed by atoms with Crippen molar-refractivity contribution in [2.24, 2.45) is 4.99 Å². The zero-order valence-electron chi connectivity index (χ0n) is 21.0. The van der Waals surface area contributed by atoms with Gasteiger partial charge in [0.2, 0.25) is 0 Å². The molecule has 0 unspecified atom stereocenters. The van der Waals surface area contributed by atoms with Gasteiger partial charge in [-0.05, 0) is 79.7 Å². The van der Waals surface area contributed by atoms with Gasteiger partial charge in [-0.25, -0.2) is 0 Å². The Morgan fingerprint density at radius 1 is 0.667 bits per heavy atom. The number of para-hydroxylation sites is 1. The third-order valence-electron chi connectivity index (χ3n) is 7.40. The van der Waals surface area contributed by atoms with Crippen molar-refractivity contribution in [2.75, 3.05) is 0 Å². The Labute approximate surface area is 217 Å². The molecule has 0 saturated carbocycles. The molecule has 2 aliphatic heterocycles. The number of nitrogens with zero attached hydrogens (tertiary/aromatic N) is 1. The van der Waals surface area contributed by atoms with E-state index in [0.717, 1.165) is 27.8 Å². The van der Waals surface area contributed by atoms with E-state index in [0.29, 0.717) is 0 Å². The molecule has 5 heteroatoms. The molecule has 2 heterocycles. The Morgan fingerprint density at radius 2 is 1.31 bits per heavy atom. The van der Waals surface area contributed by atoms with Gasteiger partial charge in [-0.3, -0.25) is 4.99 Å². The highest BCUT2D eigenvalue weighted by molar-refractivity contribution is 7.99. The molecule has 0 atom stereocenters. The van der Waals surface area contributed by atoms with Crippen LogP contribution in [-0.4, -0.2) is 24.5 Å². The zero-order chi connectivity index (χ0) is 24.9. The van der Waals surface area contributed by atoms with Crippen molar-refractivity contribution in [3.8, 4) is 22.3 Å². The molecule has 0 radical (unpaired) electrons. The van der Waals surface area contributed by atoms with Crippen LogP contribution in [0.2, 0.25) is 0 Å². The summed E-state index contributed by atoms with van der Waals surface area (Å²) in [5.74, 6) is 0. The Hall–Kier alpha value is -3.12. The molecule has 0 N–H and O–H groups in total. The van der Waals surface area contributed by atoms with E-state index in [2.05, 4.69) is 113 Å². The van der Waals surface area contributed by atoms with Crippen LogP contribution in [0.4, 0.5) is 5.69 Å². The molecular formula is C31H28BNO2S. The Kier molecular flexibility index (Phi) is 5.68.